The number of nitrogens with zero attached hydrogens (tertiary/aromatic N) is 6. The van der Waals surface area contributed by atoms with Crippen molar-refractivity contribution < 1.29 is 96.8 Å². The number of amides is 17. The zero-order valence-electron chi connectivity index (χ0n) is 77.5. The normalized spacial score (nSPS) is 24.7. The number of fused-ring (bicyclic) bond motifs is 4. The van der Waals surface area contributed by atoms with Crippen molar-refractivity contribution in [2.45, 2.75) is 234 Å². The first-order valence-electron chi connectivity index (χ1n) is 45.5. The average molecular weight is 1930 g/mol. The molecule has 3 aliphatic rings. The van der Waals surface area contributed by atoms with Crippen LogP contribution in [-0.4, -0.2) is 317 Å². The van der Waals surface area contributed by atoms with Gasteiger partial charge in [0.1, 0.15) is 90.3 Å². The molecule has 6 aromatic rings. The number of hydrogen-bond acceptors (Lipinski definition) is 24. The zero-order chi connectivity index (χ0) is 99.3. The number of thioether (sulfide) groups is 1. The minimum atomic E-state index is -1.88. The highest BCUT2D eigenvalue weighted by molar-refractivity contribution is 8.00. The number of nitrogens with one attached hydrogen (secondary N) is 14. The number of aromatic hydroxyl groups is 1. The van der Waals surface area contributed by atoms with Gasteiger partial charge in [-0.05, 0) is 110 Å². The molecule has 3 fully saturated rings. The third-order valence-electron chi connectivity index (χ3n) is 24.2. The molecule has 3 aliphatic heterocycles. The van der Waals surface area contributed by atoms with Gasteiger partial charge in [0.15, 0.2) is 5.96 Å². The van der Waals surface area contributed by atoms with Gasteiger partial charge in [0, 0.05) is 112 Å². The van der Waals surface area contributed by atoms with Gasteiger partial charge in [0.25, 0.3) is 0 Å². The Kier molecular flexibility index (Phi) is 39.8. The van der Waals surface area contributed by atoms with E-state index in [1.165, 1.54) is 76.2 Å². The molecule has 0 aliphatic carbocycles. The molecule has 136 heavy (non-hydrogen) atoms. The van der Waals surface area contributed by atoms with Crippen LogP contribution in [0, 0.1) is 11.3 Å². The summed E-state index contributed by atoms with van der Waals surface area (Å²) in [6, 6.07) is -2.01. The van der Waals surface area contributed by atoms with Crippen molar-refractivity contribution in [1.82, 2.24) is 97.9 Å². The summed E-state index contributed by atoms with van der Waals surface area (Å²) in [6.07, 6.45) is 2.11. The lowest BCUT2D eigenvalue weighted by Crippen LogP contribution is -2.62. The van der Waals surface area contributed by atoms with E-state index in [0.29, 0.717) is 64.4 Å². The smallest absolute Gasteiger partial charge is 0.246 e. The first-order chi connectivity index (χ1) is 64.8. The molecule has 0 radical (unpaired) electrons. The summed E-state index contributed by atoms with van der Waals surface area (Å²) in [5, 5.41) is 73.1. The molecular formula is C91H127N23O20S2. The number of carbonyl (C=O) groups is 17. The van der Waals surface area contributed by atoms with Crippen LogP contribution in [0.2, 0.25) is 0 Å². The van der Waals surface area contributed by atoms with Gasteiger partial charge in [0.2, 0.25) is 100 Å². The molecule has 0 saturated carbocycles. The minimum Gasteiger partial charge on any atom is -0.508 e. The van der Waals surface area contributed by atoms with E-state index in [-0.39, 0.29) is 95.4 Å². The largest absolute Gasteiger partial charge is 0.508 e. The Hall–Kier alpha value is -13.3. The second kappa shape index (κ2) is 50.9. The second-order valence-corrected chi connectivity index (χ2v) is 36.8. The van der Waals surface area contributed by atoms with Gasteiger partial charge in [-0.15, -0.1) is 23.1 Å². The monoisotopic (exact) mass is 1930 g/mol. The summed E-state index contributed by atoms with van der Waals surface area (Å²) >= 11 is 2.11. The van der Waals surface area contributed by atoms with Gasteiger partial charge in [-0.2, -0.15) is 0 Å². The molecule has 15 atom stereocenters. The fourth-order valence-corrected chi connectivity index (χ4v) is 18.5. The van der Waals surface area contributed by atoms with E-state index in [4.69, 9.17) is 22.6 Å². The molecule has 0 unspecified atom stereocenters. The highest BCUT2D eigenvalue weighted by atomic mass is 32.2. The molecule has 3 saturated heterocycles. The maximum Gasteiger partial charge on any atom is 0.246 e. The van der Waals surface area contributed by atoms with E-state index in [0.717, 1.165) is 41.0 Å². The van der Waals surface area contributed by atoms with Gasteiger partial charge >= 0.3 is 0 Å². The Morgan fingerprint density at radius 2 is 1.15 bits per heavy atom. The number of likely N-dealkylation sites (N-methyl/N-ethyl adjacent to an activating group) is 3. The van der Waals surface area contributed by atoms with Gasteiger partial charge in [-0.3, -0.25) is 86.9 Å². The lowest BCUT2D eigenvalue weighted by Gasteiger charge is -2.36. The predicted octanol–water partition coefficient (Wildman–Crippen LogP) is -2.20. The number of aromatic nitrogens is 3. The molecule has 45 heteroatoms. The molecule has 738 valence electrons. The minimum absolute atomic E-state index is 0.00492. The summed E-state index contributed by atoms with van der Waals surface area (Å²) in [5.74, 6) is -18.0. The van der Waals surface area contributed by atoms with Crippen LogP contribution in [-0.2, 0) is 107 Å². The molecule has 3 aromatic carbocycles. The number of rotatable bonds is 26. The van der Waals surface area contributed by atoms with E-state index in [9.17, 15) is 58.5 Å². The van der Waals surface area contributed by atoms with Crippen LogP contribution in [0.3, 0.4) is 0 Å². The quantitative estimate of drug-likeness (QED) is 0.0156. The SMILES string of the molecule is CCCC[C@H]1C(=O)N(C)[C@@H](CCCC)C(=O)N[C@@H](CCCNC(=N)N)C(=O)N[C@H](C(=O)NCC(N)=O)CSCC(=O)N[C@@H](Cc2ccc(O)cc2)C(=O)N(C)[C@@H](C)C(=O)N[C@@H](CC(N)=O)C(=O)N2CCC[C@H]2C(=O)N[C@@H](Cc2cnc[nH]2)C(=O)N[C@@H](CC(C)C)C(=O)N2C[C@H](O)C[C@H]2C(=O)N[C@@H](Cc2c[nH]c3ccccc23)C(=O)N[C@@H](CO)C(=O)N[C@@H](Cc2csc3ccccc23)C(=O)N1C. The van der Waals surface area contributed by atoms with Crippen LogP contribution < -0.4 is 75.7 Å². The van der Waals surface area contributed by atoms with E-state index in [1.54, 1.807) is 55.8 Å². The van der Waals surface area contributed by atoms with Crippen LogP contribution in [0.15, 0.2) is 96.9 Å². The lowest BCUT2D eigenvalue weighted by atomic mass is 10.00. The number of aliphatic hydroxyl groups excluding tert-OH is 2. The number of hydrogen-bond donors (Lipinski definition) is 20. The molecule has 6 heterocycles. The Balaban J connectivity index is 1.10. The molecule has 9 rings (SSSR count). The van der Waals surface area contributed by atoms with Crippen molar-refractivity contribution in [1.29, 1.82) is 5.41 Å². The van der Waals surface area contributed by atoms with Gasteiger partial charge in [-0.25, -0.2) is 4.98 Å². The molecule has 0 spiro atoms. The summed E-state index contributed by atoms with van der Waals surface area (Å²) in [4.78, 5) is 266. The molecule has 23 N–H and O–H groups in total. The van der Waals surface area contributed by atoms with Crippen LogP contribution in [0.4, 0.5) is 0 Å². The number of aromatic amines is 2. The predicted molar refractivity (Wildman–Crippen MR) is 503 cm³/mol. The number of imidazole rings is 1. The molecule has 17 amide bonds. The highest BCUT2D eigenvalue weighted by Crippen LogP contribution is 2.30. The van der Waals surface area contributed by atoms with Crippen LogP contribution in [0.1, 0.15) is 140 Å². The van der Waals surface area contributed by atoms with Gasteiger partial charge in [-0.1, -0.05) is 102 Å². The van der Waals surface area contributed by atoms with E-state index in [2.05, 4.69) is 73.4 Å². The molecule has 0 bridgehead atoms. The van der Waals surface area contributed by atoms with Gasteiger partial charge < -0.3 is 125 Å². The topological polar surface area (TPSA) is 646 Å². The van der Waals surface area contributed by atoms with Crippen molar-refractivity contribution in [2.75, 3.05) is 65.4 Å². The molecule has 3 aromatic heterocycles. The second-order valence-electron chi connectivity index (χ2n) is 34.9. The summed E-state index contributed by atoms with van der Waals surface area (Å²) in [7, 11) is 3.92. The van der Waals surface area contributed by atoms with Crippen molar-refractivity contribution >= 4 is 150 Å². The fourth-order valence-electron chi connectivity index (χ4n) is 16.7. The number of thiophene rings is 1. The van der Waals surface area contributed by atoms with Gasteiger partial charge in [0.05, 0.1) is 37.8 Å². The number of H-pyrrole nitrogens is 2. The lowest BCUT2D eigenvalue weighted by molar-refractivity contribution is -0.149. The summed E-state index contributed by atoms with van der Waals surface area (Å²) in [5.41, 5.74) is 19.2. The maximum atomic E-state index is 15.8. The first-order valence-corrected chi connectivity index (χ1v) is 47.5. The number of aliphatic hydroxyl groups is 2. The van der Waals surface area contributed by atoms with Crippen LogP contribution in [0.5, 0.6) is 5.75 Å². The first kappa shape index (κ1) is 106. The van der Waals surface area contributed by atoms with E-state index >= 15 is 38.4 Å². The number of primary amides is 2. The van der Waals surface area contributed by atoms with Crippen molar-refractivity contribution in [3.63, 3.8) is 0 Å². The molecule has 43 nitrogen and oxygen atoms in total. The van der Waals surface area contributed by atoms with Crippen LogP contribution >= 0.6 is 23.1 Å². The number of phenolic OH excluding ortho intramolecular Hbond substituents is 1. The average Bonchev–Trinajstić information content (AvgIpc) is 1.53. The van der Waals surface area contributed by atoms with Crippen LogP contribution in [0.25, 0.3) is 21.0 Å². The fraction of sp³-hybridized carbons (Fsp3) is 0.527. The standard InChI is InChI=1S/C91H127N23O20S2/c1-9-11-23-69-83(127)102-60(22-17-31-97-91(94)95)79(123)109-68(78(122)99-42-75(93)119)46-135-47-76(120)101-64(34-51-27-29-55(116)30-28-51)86(130)110(6)50(5)77(121)105-66(39-74(92)118)88(132)113-32-18-25-70(113)84(128)104-62(37-54-41-96-48-100-54)81(125)106-63(33-49(3)4)89(133)114-43-56(117)38-72(114)85(129)103-61(35-52-40-98-59-21-15-13-19-57(52)59)80(124)108-67(44-115)82(126)107-65(36-53-45-136-73-26-16-14-20-58(53)73)87(131)112(8)71(24-12-10-2)90(134)111(69)7/h13-16,19-21,26-30,40-41,45,48-50,56,60-72,98,115-117H,9-12,17-18,22-25,31-39,42-44,46-47H2,1-8H3,(H2,92,118)(H2,93,119)(H,96,100)(H,99,122)(H,101,120)(H,102,127)(H,103,129)(H,104,128)(H,105,121)(H,106,125)(H,107,126)(H,108,124)(H,109,123)(H4,94,95,97)/t50-,56+,60-,61-,62-,63-,64-,65-,66-,67-,68-,69-,70-,71-,72-/m0/s1. The highest BCUT2D eigenvalue weighted by Gasteiger charge is 2.47. The Morgan fingerprint density at radius 3 is 1.81 bits per heavy atom. The molecular weight excluding hydrogens is 1800 g/mol. The Bertz CT molecular complexity index is 5250. The summed E-state index contributed by atoms with van der Waals surface area (Å²) in [6.45, 7) is 6.03. The Morgan fingerprint density at radius 1 is 0.574 bits per heavy atom. The van der Waals surface area contributed by atoms with Crippen molar-refractivity contribution in [2.24, 2.45) is 23.1 Å². The number of carbonyl (C=O) groups excluding carboxylic acids is 17. The number of guanidine groups is 1. The Labute approximate surface area is 794 Å². The maximum absolute atomic E-state index is 15.8. The third-order valence-corrected chi connectivity index (χ3v) is 26.3. The number of benzene rings is 3. The van der Waals surface area contributed by atoms with Crippen molar-refractivity contribution in [3.05, 3.63) is 119 Å². The number of phenols is 1. The summed E-state index contributed by atoms with van der Waals surface area (Å²) < 4.78 is 0.811. The van der Waals surface area contributed by atoms with Crippen molar-refractivity contribution in [3.8, 4) is 5.75 Å². The number of nitrogens with two attached hydrogens (primary N) is 3. The number of para-hydroxylation sites is 1. The number of unbranched alkanes of at least 4 members (excludes halogenated alkanes) is 2. The zero-order valence-corrected chi connectivity index (χ0v) is 79.1. The van der Waals surface area contributed by atoms with E-state index < -0.39 is 241 Å². The third kappa shape index (κ3) is 29.6. The van der Waals surface area contributed by atoms with E-state index in [1.807, 2.05) is 32.0 Å².